The Morgan fingerprint density at radius 1 is 1.38 bits per heavy atom. The van der Waals surface area contributed by atoms with Crippen LogP contribution in [0.4, 0.5) is 0 Å². The first kappa shape index (κ1) is 11.1. The molecular weight excluding hydrogens is 200 g/mol. The molecule has 0 spiro atoms. The second kappa shape index (κ2) is 3.87. The first-order valence-corrected chi connectivity index (χ1v) is 5.56. The average Bonchev–Trinajstić information content (AvgIpc) is 2.55. The molecule has 16 heavy (non-hydrogen) atoms. The summed E-state index contributed by atoms with van der Waals surface area (Å²) in [6.45, 7) is 7.14. The van der Waals surface area contributed by atoms with E-state index in [4.69, 9.17) is 5.73 Å². The highest BCUT2D eigenvalue weighted by molar-refractivity contribution is 5.75. The molecule has 0 aliphatic carbocycles. The van der Waals surface area contributed by atoms with Crippen LogP contribution in [0.1, 0.15) is 26.6 Å². The second-order valence-corrected chi connectivity index (χ2v) is 4.94. The molecule has 0 amide bonds. The number of hydrogen-bond donors (Lipinski definition) is 1. The van der Waals surface area contributed by atoms with Crippen molar-refractivity contribution < 1.29 is 0 Å². The first-order chi connectivity index (χ1) is 7.54. The Labute approximate surface area is 95.5 Å². The number of rotatable bonds is 2. The van der Waals surface area contributed by atoms with Gasteiger partial charge in [0.05, 0.1) is 11.7 Å². The third-order valence-electron chi connectivity index (χ3n) is 2.57. The van der Waals surface area contributed by atoms with Gasteiger partial charge in [-0.1, -0.05) is 0 Å². The van der Waals surface area contributed by atoms with Crippen LogP contribution in [-0.2, 0) is 12.0 Å². The van der Waals surface area contributed by atoms with Gasteiger partial charge in [0.2, 0.25) is 0 Å². The number of nitrogens with two attached hydrogens (primary N) is 1. The van der Waals surface area contributed by atoms with Gasteiger partial charge < -0.3 is 10.3 Å². The molecule has 0 aliphatic rings. The van der Waals surface area contributed by atoms with Crippen LogP contribution in [0.5, 0.6) is 0 Å². The zero-order valence-corrected chi connectivity index (χ0v) is 10.1. The Balaban J connectivity index is 2.69. The minimum Gasteiger partial charge on any atom is -0.330 e. The van der Waals surface area contributed by atoms with Gasteiger partial charge in [-0.05, 0) is 33.4 Å². The molecule has 2 aromatic heterocycles. The molecule has 0 bridgehead atoms. The molecule has 2 heterocycles. The molecule has 2 aromatic rings. The lowest BCUT2D eigenvalue weighted by Crippen LogP contribution is -2.25. The van der Waals surface area contributed by atoms with Crippen LogP contribution in [-0.4, -0.2) is 21.1 Å². The van der Waals surface area contributed by atoms with E-state index in [1.54, 1.807) is 12.4 Å². The zero-order valence-electron chi connectivity index (χ0n) is 10.1. The molecule has 86 valence electrons. The van der Waals surface area contributed by atoms with E-state index in [9.17, 15) is 0 Å². The van der Waals surface area contributed by atoms with Gasteiger partial charge in [0, 0.05) is 18.2 Å². The smallest absolute Gasteiger partial charge is 0.111 e. The summed E-state index contributed by atoms with van der Waals surface area (Å²) in [7, 11) is 0. The molecule has 4 nitrogen and oxygen atoms in total. The molecule has 0 aliphatic heterocycles. The van der Waals surface area contributed by atoms with Gasteiger partial charge in [0.15, 0.2) is 0 Å². The number of hydrogen-bond acceptors (Lipinski definition) is 3. The van der Waals surface area contributed by atoms with Gasteiger partial charge in [-0.3, -0.25) is 4.98 Å². The Bertz CT molecular complexity index is 493. The molecular formula is C12H18N4. The van der Waals surface area contributed by atoms with Crippen LogP contribution in [0.2, 0.25) is 0 Å². The van der Waals surface area contributed by atoms with E-state index < -0.39 is 0 Å². The molecule has 0 saturated carbocycles. The van der Waals surface area contributed by atoms with Crippen molar-refractivity contribution in [3.8, 4) is 0 Å². The summed E-state index contributed by atoms with van der Waals surface area (Å²) in [5.41, 5.74) is 7.72. The lowest BCUT2D eigenvalue weighted by atomic mass is 10.1. The average molecular weight is 218 g/mol. The standard InChI is InChI=1S/C12H18N4/c1-12(2,3)16-10-5-7-14-8-9(10)15-11(16)4-6-13/h5,7-8H,4,6,13H2,1-3H3. The molecule has 0 atom stereocenters. The maximum atomic E-state index is 5.63. The predicted octanol–water partition coefficient (Wildman–Crippen LogP) is 1.69. The molecule has 2 rings (SSSR count). The Hall–Kier alpha value is -1.42. The van der Waals surface area contributed by atoms with Crippen LogP contribution in [0.3, 0.4) is 0 Å². The van der Waals surface area contributed by atoms with Crippen molar-refractivity contribution in [1.82, 2.24) is 14.5 Å². The van der Waals surface area contributed by atoms with Crippen molar-refractivity contribution in [3.63, 3.8) is 0 Å². The van der Waals surface area contributed by atoms with Crippen molar-refractivity contribution in [3.05, 3.63) is 24.3 Å². The minimum atomic E-state index is 0.0145. The van der Waals surface area contributed by atoms with Crippen LogP contribution in [0.25, 0.3) is 11.0 Å². The van der Waals surface area contributed by atoms with E-state index >= 15 is 0 Å². The molecule has 2 N–H and O–H groups in total. The Kier molecular flexibility index (Phi) is 2.68. The SMILES string of the molecule is CC(C)(C)n1c(CCN)nc2cnccc21. The Morgan fingerprint density at radius 3 is 2.75 bits per heavy atom. The molecule has 0 unspecified atom stereocenters. The van der Waals surface area contributed by atoms with E-state index in [0.717, 1.165) is 23.3 Å². The number of nitrogens with zero attached hydrogens (tertiary/aromatic N) is 3. The second-order valence-electron chi connectivity index (χ2n) is 4.94. The third-order valence-corrected chi connectivity index (χ3v) is 2.57. The fourth-order valence-electron chi connectivity index (χ4n) is 2.03. The van der Waals surface area contributed by atoms with Crippen LogP contribution in [0, 0.1) is 0 Å². The number of aromatic nitrogens is 3. The lowest BCUT2D eigenvalue weighted by molar-refractivity contribution is 0.394. The molecule has 0 fully saturated rings. The summed E-state index contributed by atoms with van der Waals surface area (Å²) < 4.78 is 2.25. The van der Waals surface area contributed by atoms with E-state index in [0.29, 0.717) is 6.54 Å². The largest absolute Gasteiger partial charge is 0.330 e. The molecule has 0 radical (unpaired) electrons. The van der Waals surface area contributed by atoms with Crippen molar-refractivity contribution in [2.75, 3.05) is 6.54 Å². The fraction of sp³-hybridized carbons (Fsp3) is 0.500. The molecule has 0 saturated heterocycles. The van der Waals surface area contributed by atoms with Gasteiger partial charge >= 0.3 is 0 Å². The first-order valence-electron chi connectivity index (χ1n) is 5.56. The maximum absolute atomic E-state index is 5.63. The van der Waals surface area contributed by atoms with Crippen LogP contribution in [0.15, 0.2) is 18.5 Å². The third kappa shape index (κ3) is 1.80. The molecule has 0 aromatic carbocycles. The number of imidazole rings is 1. The lowest BCUT2D eigenvalue weighted by Gasteiger charge is -2.24. The quantitative estimate of drug-likeness (QED) is 0.834. The van der Waals surface area contributed by atoms with Crippen LogP contribution < -0.4 is 5.73 Å². The summed E-state index contributed by atoms with van der Waals surface area (Å²) in [6, 6.07) is 2.01. The van der Waals surface area contributed by atoms with E-state index in [2.05, 4.69) is 35.3 Å². The normalized spacial score (nSPS) is 12.2. The summed E-state index contributed by atoms with van der Waals surface area (Å²) in [4.78, 5) is 8.69. The Morgan fingerprint density at radius 2 is 2.12 bits per heavy atom. The topological polar surface area (TPSA) is 56.7 Å². The summed E-state index contributed by atoms with van der Waals surface area (Å²) in [5.74, 6) is 1.04. The highest BCUT2D eigenvalue weighted by Gasteiger charge is 2.20. The monoisotopic (exact) mass is 218 g/mol. The van der Waals surface area contributed by atoms with E-state index in [-0.39, 0.29) is 5.54 Å². The van der Waals surface area contributed by atoms with E-state index in [1.165, 1.54) is 0 Å². The summed E-state index contributed by atoms with van der Waals surface area (Å²) in [6.07, 6.45) is 4.40. The highest BCUT2D eigenvalue weighted by Crippen LogP contribution is 2.24. The molecule has 4 heteroatoms. The minimum absolute atomic E-state index is 0.0145. The predicted molar refractivity (Wildman–Crippen MR) is 65.3 cm³/mol. The summed E-state index contributed by atoms with van der Waals surface area (Å²) in [5, 5.41) is 0. The van der Waals surface area contributed by atoms with Crippen LogP contribution >= 0.6 is 0 Å². The highest BCUT2D eigenvalue weighted by atomic mass is 15.1. The van der Waals surface area contributed by atoms with Crippen molar-refractivity contribution in [2.24, 2.45) is 5.73 Å². The number of pyridine rings is 1. The van der Waals surface area contributed by atoms with Crippen molar-refractivity contribution >= 4 is 11.0 Å². The van der Waals surface area contributed by atoms with Gasteiger partial charge in [0.25, 0.3) is 0 Å². The van der Waals surface area contributed by atoms with Gasteiger partial charge in [-0.25, -0.2) is 4.98 Å². The zero-order chi connectivity index (χ0) is 11.8. The van der Waals surface area contributed by atoms with Crippen molar-refractivity contribution in [2.45, 2.75) is 32.7 Å². The van der Waals surface area contributed by atoms with Gasteiger partial charge in [0.1, 0.15) is 11.3 Å². The van der Waals surface area contributed by atoms with Gasteiger partial charge in [-0.15, -0.1) is 0 Å². The summed E-state index contributed by atoms with van der Waals surface area (Å²) >= 11 is 0. The van der Waals surface area contributed by atoms with E-state index in [1.807, 2.05) is 6.07 Å². The van der Waals surface area contributed by atoms with Crippen molar-refractivity contribution in [1.29, 1.82) is 0 Å². The van der Waals surface area contributed by atoms with Gasteiger partial charge in [-0.2, -0.15) is 0 Å². The number of fused-ring (bicyclic) bond motifs is 1. The maximum Gasteiger partial charge on any atom is 0.111 e. The fourth-order valence-corrected chi connectivity index (χ4v) is 2.03.